The fourth-order valence-corrected chi connectivity index (χ4v) is 4.36. The minimum Gasteiger partial charge on any atom is -0.375 e. The van der Waals surface area contributed by atoms with Crippen LogP contribution in [-0.2, 0) is 20.8 Å². The van der Waals surface area contributed by atoms with E-state index < -0.39 is 0 Å². The van der Waals surface area contributed by atoms with Crippen LogP contribution in [0.1, 0.15) is 25.3 Å². The van der Waals surface area contributed by atoms with E-state index in [2.05, 4.69) is 44.1 Å². The third-order valence-electron chi connectivity index (χ3n) is 6.13. The summed E-state index contributed by atoms with van der Waals surface area (Å²) < 4.78 is 11.2. The fraction of sp³-hybridized carbons (Fsp3) is 0.682. The lowest BCUT2D eigenvalue weighted by Crippen LogP contribution is -2.55. The number of pyridine rings is 1. The van der Waals surface area contributed by atoms with Crippen LogP contribution in [0, 0.1) is 0 Å². The standard InChI is InChI=1S/C22H34N6O3.HI/c1-17-16-28(11-13-30-17)20-6-5-18(14-24-20)15-25-22(23-2)27-9-7-26(8-10-27)21(29)19-4-3-12-31-19;/h5-6,14,17,19H,3-4,7-13,15-16H2,1-2H3,(H,23,25);1H. The van der Waals surface area contributed by atoms with Crippen molar-refractivity contribution in [2.24, 2.45) is 4.99 Å². The molecule has 4 rings (SSSR count). The van der Waals surface area contributed by atoms with Crippen LogP contribution in [0.5, 0.6) is 0 Å². The predicted octanol–water partition coefficient (Wildman–Crippen LogP) is 1.32. The number of halogens is 1. The summed E-state index contributed by atoms with van der Waals surface area (Å²) in [5.74, 6) is 1.99. The molecule has 0 bridgehead atoms. The van der Waals surface area contributed by atoms with Crippen LogP contribution in [0.3, 0.4) is 0 Å². The number of ether oxygens (including phenoxy) is 2. The van der Waals surface area contributed by atoms with Crippen LogP contribution < -0.4 is 10.2 Å². The molecule has 1 aromatic heterocycles. The Morgan fingerprint density at radius 3 is 2.56 bits per heavy atom. The number of amides is 1. The van der Waals surface area contributed by atoms with E-state index in [-0.39, 0.29) is 42.1 Å². The van der Waals surface area contributed by atoms with E-state index >= 15 is 0 Å². The highest BCUT2D eigenvalue weighted by molar-refractivity contribution is 14.0. The molecule has 9 nitrogen and oxygen atoms in total. The SMILES string of the molecule is CN=C(NCc1ccc(N2CCOC(C)C2)nc1)N1CCN(C(=O)C2CCCO2)CC1.I. The number of guanidine groups is 1. The Kier molecular flexibility index (Phi) is 9.35. The quantitative estimate of drug-likeness (QED) is 0.339. The van der Waals surface area contributed by atoms with Crippen molar-refractivity contribution in [2.75, 3.05) is 64.4 Å². The Hall–Kier alpha value is -1.66. The molecule has 178 valence electrons. The number of anilines is 1. The topological polar surface area (TPSA) is 82.5 Å². The summed E-state index contributed by atoms with van der Waals surface area (Å²) in [5.41, 5.74) is 1.11. The second-order valence-electron chi connectivity index (χ2n) is 8.37. The molecule has 10 heteroatoms. The average Bonchev–Trinajstić information content (AvgIpc) is 3.35. The monoisotopic (exact) mass is 558 g/mol. The number of hydrogen-bond acceptors (Lipinski definition) is 6. The van der Waals surface area contributed by atoms with Crippen LogP contribution in [0.15, 0.2) is 23.3 Å². The number of piperazine rings is 1. The van der Waals surface area contributed by atoms with E-state index in [0.29, 0.717) is 26.2 Å². The van der Waals surface area contributed by atoms with Gasteiger partial charge in [-0.25, -0.2) is 4.98 Å². The van der Waals surface area contributed by atoms with Gasteiger partial charge in [-0.3, -0.25) is 9.79 Å². The molecule has 0 saturated carbocycles. The zero-order chi connectivity index (χ0) is 21.6. The highest BCUT2D eigenvalue weighted by Crippen LogP contribution is 2.17. The van der Waals surface area contributed by atoms with Crippen molar-refractivity contribution < 1.29 is 14.3 Å². The summed E-state index contributed by atoms with van der Waals surface area (Å²) >= 11 is 0. The summed E-state index contributed by atoms with van der Waals surface area (Å²) in [6.07, 6.45) is 3.75. The number of rotatable bonds is 4. The molecule has 1 aromatic rings. The Morgan fingerprint density at radius 1 is 1.16 bits per heavy atom. The summed E-state index contributed by atoms with van der Waals surface area (Å²) in [6, 6.07) is 4.19. The number of aliphatic imine (C=N–C) groups is 1. The summed E-state index contributed by atoms with van der Waals surface area (Å²) in [6.45, 7) is 8.89. The molecule has 4 heterocycles. The maximum atomic E-state index is 12.5. The van der Waals surface area contributed by atoms with E-state index in [1.165, 1.54) is 0 Å². The molecule has 0 aromatic carbocycles. The largest absolute Gasteiger partial charge is 0.375 e. The van der Waals surface area contributed by atoms with Crippen LogP contribution in [0.2, 0.25) is 0 Å². The lowest BCUT2D eigenvalue weighted by Gasteiger charge is -2.37. The molecule has 3 saturated heterocycles. The first-order valence-corrected chi connectivity index (χ1v) is 11.3. The van der Waals surface area contributed by atoms with Crippen molar-refractivity contribution in [3.05, 3.63) is 23.9 Å². The summed E-state index contributed by atoms with van der Waals surface area (Å²) in [4.78, 5) is 28.0. The van der Waals surface area contributed by atoms with E-state index in [1.54, 1.807) is 7.05 Å². The number of morpholine rings is 1. The van der Waals surface area contributed by atoms with Gasteiger partial charge in [0.05, 0.1) is 12.7 Å². The number of nitrogens with zero attached hydrogens (tertiary/aromatic N) is 5. The first kappa shape index (κ1) is 25.0. The average molecular weight is 558 g/mol. The van der Waals surface area contributed by atoms with Crippen molar-refractivity contribution in [3.8, 4) is 0 Å². The molecule has 32 heavy (non-hydrogen) atoms. The number of carbonyl (C=O) groups excluding carboxylic acids is 1. The zero-order valence-corrected chi connectivity index (χ0v) is 21.4. The third kappa shape index (κ3) is 6.22. The first-order valence-electron chi connectivity index (χ1n) is 11.3. The van der Waals surface area contributed by atoms with Crippen LogP contribution >= 0.6 is 24.0 Å². The van der Waals surface area contributed by atoms with Crippen molar-refractivity contribution >= 4 is 41.7 Å². The van der Waals surface area contributed by atoms with Gasteiger partial charge >= 0.3 is 0 Å². The van der Waals surface area contributed by atoms with Gasteiger partial charge in [0.2, 0.25) is 0 Å². The Bertz CT molecular complexity index is 763. The number of aromatic nitrogens is 1. The number of nitrogens with one attached hydrogen (secondary N) is 1. The molecule has 0 radical (unpaired) electrons. The van der Waals surface area contributed by atoms with Crippen LogP contribution in [0.25, 0.3) is 0 Å². The molecule has 0 spiro atoms. The molecule has 2 unspecified atom stereocenters. The van der Waals surface area contributed by atoms with E-state index in [9.17, 15) is 4.79 Å². The van der Waals surface area contributed by atoms with Gasteiger partial charge < -0.3 is 29.5 Å². The molecule has 3 aliphatic heterocycles. The van der Waals surface area contributed by atoms with Gasteiger partial charge in [0.15, 0.2) is 5.96 Å². The Labute approximate surface area is 207 Å². The smallest absolute Gasteiger partial charge is 0.251 e. The van der Waals surface area contributed by atoms with Gasteiger partial charge in [-0.15, -0.1) is 24.0 Å². The van der Waals surface area contributed by atoms with Crippen molar-refractivity contribution in [3.63, 3.8) is 0 Å². The minimum atomic E-state index is -0.236. The van der Waals surface area contributed by atoms with Gasteiger partial charge in [-0.2, -0.15) is 0 Å². The number of carbonyl (C=O) groups is 1. The second kappa shape index (κ2) is 12.0. The highest BCUT2D eigenvalue weighted by Gasteiger charge is 2.30. The molecular weight excluding hydrogens is 523 g/mol. The third-order valence-corrected chi connectivity index (χ3v) is 6.13. The Balaban J connectivity index is 0.00000289. The van der Waals surface area contributed by atoms with Gasteiger partial charge in [0.1, 0.15) is 11.9 Å². The van der Waals surface area contributed by atoms with Crippen molar-refractivity contribution in [1.29, 1.82) is 0 Å². The lowest BCUT2D eigenvalue weighted by molar-refractivity contribution is -0.142. The second-order valence-corrected chi connectivity index (χ2v) is 8.37. The molecule has 3 fully saturated rings. The maximum Gasteiger partial charge on any atom is 0.251 e. The van der Waals surface area contributed by atoms with Gasteiger partial charge in [-0.1, -0.05) is 6.07 Å². The lowest BCUT2D eigenvalue weighted by atomic mass is 10.2. The normalized spacial score (nSPS) is 24.3. The van der Waals surface area contributed by atoms with Crippen LogP contribution in [0.4, 0.5) is 5.82 Å². The van der Waals surface area contributed by atoms with Crippen molar-refractivity contribution in [1.82, 2.24) is 20.1 Å². The fourth-order valence-electron chi connectivity index (χ4n) is 4.36. The molecule has 2 atom stereocenters. The summed E-state index contributed by atoms with van der Waals surface area (Å²) in [7, 11) is 1.80. The van der Waals surface area contributed by atoms with Crippen molar-refractivity contribution in [2.45, 2.75) is 38.5 Å². The van der Waals surface area contributed by atoms with E-state index in [0.717, 1.165) is 63.0 Å². The molecule has 1 amide bonds. The highest BCUT2D eigenvalue weighted by atomic mass is 127. The molecule has 1 N–H and O–H groups in total. The van der Waals surface area contributed by atoms with Gasteiger partial charge in [0, 0.05) is 65.7 Å². The zero-order valence-electron chi connectivity index (χ0n) is 19.0. The molecule has 0 aliphatic carbocycles. The maximum absolute atomic E-state index is 12.5. The molecular formula is C22H35IN6O3. The van der Waals surface area contributed by atoms with E-state index in [4.69, 9.17) is 9.47 Å². The first-order chi connectivity index (χ1) is 15.1. The number of hydrogen-bond donors (Lipinski definition) is 1. The molecule has 3 aliphatic rings. The summed E-state index contributed by atoms with van der Waals surface area (Å²) in [5, 5.41) is 3.43. The predicted molar refractivity (Wildman–Crippen MR) is 135 cm³/mol. The van der Waals surface area contributed by atoms with Gasteiger partial charge in [0.25, 0.3) is 5.91 Å². The van der Waals surface area contributed by atoms with E-state index in [1.807, 2.05) is 11.1 Å². The van der Waals surface area contributed by atoms with Gasteiger partial charge in [-0.05, 0) is 31.4 Å². The Morgan fingerprint density at radius 2 is 1.94 bits per heavy atom. The van der Waals surface area contributed by atoms with Crippen LogP contribution in [-0.4, -0.2) is 98.4 Å². The minimum absolute atomic E-state index is 0.